The Morgan fingerprint density at radius 3 is 1.30 bits per heavy atom. The molecule has 0 spiro atoms. The predicted molar refractivity (Wildman–Crippen MR) is 42.8 cm³/mol. The van der Waals surface area contributed by atoms with Gasteiger partial charge in [-0.15, -0.1) is 0 Å². The Kier molecular flexibility index (Phi) is 3.59. The van der Waals surface area contributed by atoms with Crippen LogP contribution in [-0.2, 0) is 0 Å². The Labute approximate surface area is 80.8 Å². The van der Waals surface area contributed by atoms with Crippen molar-refractivity contribution >= 4 is 45.2 Å². The largest absolute Gasteiger partial charge is 0.417 e. The van der Waals surface area contributed by atoms with Gasteiger partial charge < -0.3 is 0 Å². The molecule has 0 bridgehead atoms. The Morgan fingerprint density at radius 2 is 1.30 bits per heavy atom. The molecular weight excluding hydrogens is 385 g/mol. The SMILES string of the molecule is FC(F)C(I)(I)C(F)(F)F. The minimum absolute atomic E-state index is 0.684. The smallest absolute Gasteiger partial charge is 0.208 e. The second-order valence-corrected chi connectivity index (χ2v) is 6.89. The van der Waals surface area contributed by atoms with E-state index in [2.05, 4.69) is 0 Å². The van der Waals surface area contributed by atoms with Crippen LogP contribution in [0.3, 0.4) is 0 Å². The van der Waals surface area contributed by atoms with Gasteiger partial charge in [-0.25, -0.2) is 8.78 Å². The number of rotatable bonds is 1. The first-order valence-corrected chi connectivity index (χ1v) is 4.08. The molecule has 10 heavy (non-hydrogen) atoms. The van der Waals surface area contributed by atoms with Gasteiger partial charge in [-0.2, -0.15) is 13.2 Å². The molecule has 0 rings (SSSR count). The molecule has 0 unspecified atom stereocenters. The standard InChI is InChI=1S/C3HF5I2/c4-1(5)2(9,10)3(6,7)8/h1H. The summed E-state index contributed by atoms with van der Waals surface area (Å²) in [4.78, 5) is 0. The summed E-state index contributed by atoms with van der Waals surface area (Å²) in [5.41, 5.74) is 0. The van der Waals surface area contributed by atoms with Gasteiger partial charge in [0.25, 0.3) is 6.43 Å². The molecule has 62 valence electrons. The van der Waals surface area contributed by atoms with Crippen molar-refractivity contribution in [1.82, 2.24) is 0 Å². The molecule has 0 N–H and O–H groups in total. The molecule has 7 heteroatoms. The summed E-state index contributed by atoms with van der Waals surface area (Å²) < 4.78 is 55.0. The van der Waals surface area contributed by atoms with Crippen LogP contribution in [-0.4, -0.2) is 14.0 Å². The second kappa shape index (κ2) is 3.23. The van der Waals surface area contributed by atoms with Crippen LogP contribution < -0.4 is 0 Å². The number of hydrogen-bond donors (Lipinski definition) is 0. The fraction of sp³-hybridized carbons (Fsp3) is 1.00. The van der Waals surface area contributed by atoms with Crippen molar-refractivity contribution in [2.45, 2.75) is 14.0 Å². The normalized spacial score (nSPS) is 14.4. The summed E-state index contributed by atoms with van der Waals surface area (Å²) in [5, 5.41) is 0. The van der Waals surface area contributed by atoms with Crippen LogP contribution in [0.15, 0.2) is 0 Å². The van der Waals surface area contributed by atoms with Crippen LogP contribution >= 0.6 is 45.2 Å². The molecular formula is C3HF5I2. The van der Waals surface area contributed by atoms with Crippen molar-refractivity contribution in [3.8, 4) is 0 Å². The van der Waals surface area contributed by atoms with E-state index in [1.165, 1.54) is 0 Å². The zero-order valence-electron chi connectivity index (χ0n) is 4.22. The van der Waals surface area contributed by atoms with Gasteiger partial charge in [0.2, 0.25) is 1.43 Å². The van der Waals surface area contributed by atoms with Crippen LogP contribution in [0, 0.1) is 0 Å². The van der Waals surface area contributed by atoms with Gasteiger partial charge in [0.05, 0.1) is 0 Å². The molecule has 0 aliphatic rings. The fourth-order valence-corrected chi connectivity index (χ4v) is 0.124. The molecule has 0 radical (unpaired) electrons. The first-order chi connectivity index (χ1) is 4.19. The third-order valence-electron chi connectivity index (χ3n) is 0.652. The van der Waals surface area contributed by atoms with Crippen molar-refractivity contribution in [2.24, 2.45) is 0 Å². The van der Waals surface area contributed by atoms with E-state index in [1.807, 2.05) is 0 Å². The highest BCUT2D eigenvalue weighted by atomic mass is 127. The van der Waals surface area contributed by atoms with Crippen LogP contribution in [0.1, 0.15) is 0 Å². The molecule has 0 atom stereocenters. The first-order valence-electron chi connectivity index (χ1n) is 1.92. The maximum atomic E-state index is 11.6. The topological polar surface area (TPSA) is 0 Å². The van der Waals surface area contributed by atoms with E-state index >= 15 is 0 Å². The van der Waals surface area contributed by atoms with E-state index in [9.17, 15) is 22.0 Å². The summed E-state index contributed by atoms with van der Waals surface area (Å²) in [5.74, 6) is 0. The van der Waals surface area contributed by atoms with Crippen molar-refractivity contribution in [1.29, 1.82) is 0 Å². The van der Waals surface area contributed by atoms with Crippen molar-refractivity contribution in [3.63, 3.8) is 0 Å². The molecule has 0 nitrogen and oxygen atoms in total. The monoisotopic (exact) mass is 386 g/mol. The average Bonchev–Trinajstić information content (AvgIpc) is 1.62. The summed E-state index contributed by atoms with van der Waals surface area (Å²) in [7, 11) is 0. The van der Waals surface area contributed by atoms with E-state index in [4.69, 9.17) is 0 Å². The van der Waals surface area contributed by atoms with Gasteiger partial charge in [0, 0.05) is 0 Å². The average molecular weight is 386 g/mol. The third-order valence-corrected chi connectivity index (χ3v) is 2.82. The zero-order chi connectivity index (χ0) is 8.58. The van der Waals surface area contributed by atoms with Gasteiger partial charge in [-0.3, -0.25) is 0 Å². The highest BCUT2D eigenvalue weighted by Crippen LogP contribution is 2.48. The van der Waals surface area contributed by atoms with Gasteiger partial charge in [-0.1, -0.05) is 45.2 Å². The second-order valence-electron chi connectivity index (χ2n) is 1.42. The number of alkyl halides is 7. The number of hydrogen-bond acceptors (Lipinski definition) is 0. The van der Waals surface area contributed by atoms with E-state index in [1.54, 1.807) is 0 Å². The lowest BCUT2D eigenvalue weighted by Gasteiger charge is -2.22. The minimum atomic E-state index is -4.86. The van der Waals surface area contributed by atoms with E-state index in [-0.39, 0.29) is 0 Å². The van der Waals surface area contributed by atoms with Crippen LogP contribution in [0.25, 0.3) is 0 Å². The van der Waals surface area contributed by atoms with Crippen molar-refractivity contribution in [2.75, 3.05) is 0 Å². The molecule has 0 aliphatic heterocycles. The lowest BCUT2D eigenvalue weighted by atomic mass is 10.4. The zero-order valence-corrected chi connectivity index (χ0v) is 8.54. The molecule has 0 amide bonds. The first kappa shape index (κ1) is 11.1. The van der Waals surface area contributed by atoms with Gasteiger partial charge in [0.1, 0.15) is 0 Å². The van der Waals surface area contributed by atoms with Crippen LogP contribution in [0.4, 0.5) is 22.0 Å². The van der Waals surface area contributed by atoms with E-state index in [0.717, 1.165) is 0 Å². The summed E-state index contributed by atoms with van der Waals surface area (Å²) >= 11 is 1.37. The molecule has 0 aromatic heterocycles. The van der Waals surface area contributed by atoms with Gasteiger partial charge in [0.15, 0.2) is 0 Å². The Bertz CT molecular complexity index is 117. The molecule has 0 fully saturated rings. The molecule has 0 aromatic rings. The fourth-order valence-electron chi connectivity index (χ4n) is 0.124. The maximum absolute atomic E-state index is 11.6. The summed E-state index contributed by atoms with van der Waals surface area (Å²) in [6, 6.07) is 0. The lowest BCUT2D eigenvalue weighted by molar-refractivity contribution is -0.151. The molecule has 0 aliphatic carbocycles. The van der Waals surface area contributed by atoms with E-state index < -0.39 is 14.0 Å². The highest BCUT2D eigenvalue weighted by Gasteiger charge is 2.57. The molecule has 0 saturated heterocycles. The summed E-state index contributed by atoms with van der Waals surface area (Å²) in [6.07, 6.45) is -8.25. The predicted octanol–water partition coefficient (Wildman–Crippen LogP) is 3.38. The highest BCUT2D eigenvalue weighted by molar-refractivity contribution is 14.2. The quantitative estimate of drug-likeness (QED) is 0.369. The Balaban J connectivity index is 4.40. The molecule has 0 heterocycles. The maximum Gasteiger partial charge on any atom is 0.417 e. The van der Waals surface area contributed by atoms with Crippen molar-refractivity contribution < 1.29 is 22.0 Å². The third kappa shape index (κ3) is 2.31. The molecule has 0 aromatic carbocycles. The van der Waals surface area contributed by atoms with Crippen LogP contribution in [0.2, 0.25) is 0 Å². The Morgan fingerprint density at radius 1 is 1.00 bits per heavy atom. The minimum Gasteiger partial charge on any atom is -0.208 e. The van der Waals surface area contributed by atoms with E-state index in [0.29, 0.717) is 45.2 Å². The van der Waals surface area contributed by atoms with Crippen LogP contribution in [0.5, 0.6) is 0 Å². The van der Waals surface area contributed by atoms with Crippen molar-refractivity contribution in [3.05, 3.63) is 0 Å². The van der Waals surface area contributed by atoms with Gasteiger partial charge in [-0.05, 0) is 0 Å². The lowest BCUT2D eigenvalue weighted by Crippen LogP contribution is -2.39. The Hall–Kier alpha value is 1.11. The van der Waals surface area contributed by atoms with Gasteiger partial charge >= 0.3 is 6.18 Å². The summed E-state index contributed by atoms with van der Waals surface area (Å²) in [6.45, 7) is 0. The molecule has 0 saturated carbocycles. The number of halogens is 7.